The van der Waals surface area contributed by atoms with Crippen molar-refractivity contribution in [2.24, 2.45) is 11.3 Å². The van der Waals surface area contributed by atoms with Gasteiger partial charge in [-0.15, -0.1) is 0 Å². The average Bonchev–Trinajstić information content (AvgIpc) is 3.88. The molecule has 12 nitrogen and oxygen atoms in total. The highest BCUT2D eigenvalue weighted by Gasteiger charge is 2.46. The van der Waals surface area contributed by atoms with Crippen LogP contribution in [0, 0.1) is 17.2 Å². The Bertz CT molecular complexity index is 2540. The summed E-state index contributed by atoms with van der Waals surface area (Å²) in [6.45, 7) is 15.7. The number of phenolic OH excluding ortho intramolecular Hbond substituents is 1. The molecule has 0 radical (unpaired) electrons. The third-order valence-electron chi connectivity index (χ3n) is 15.4. The Morgan fingerprint density at radius 2 is 1.66 bits per heavy atom. The summed E-state index contributed by atoms with van der Waals surface area (Å²) in [7, 11) is 0. The smallest absolute Gasteiger partial charge is 0.319 e. The molecule has 1 aliphatic carbocycles. The zero-order valence-electron chi connectivity index (χ0n) is 37.4. The molecule has 5 aromatic rings. The van der Waals surface area contributed by atoms with Crippen molar-refractivity contribution in [2.75, 3.05) is 81.9 Å². The quantitative estimate of drug-likeness (QED) is 0.123. The largest absolute Gasteiger partial charge is 0.508 e. The second kappa shape index (κ2) is 17.0. The molecule has 3 unspecified atom stereocenters. The molecule has 11 rings (SSSR count). The van der Waals surface area contributed by atoms with E-state index in [0.717, 1.165) is 127 Å². The Morgan fingerprint density at radius 1 is 0.891 bits per heavy atom. The maximum absolute atomic E-state index is 16.9. The molecule has 13 heteroatoms. The molecular formula is C51H62FN9O3. The third-order valence-corrected chi connectivity index (χ3v) is 15.4. The number of carbonyl (C=O) groups is 1. The summed E-state index contributed by atoms with van der Waals surface area (Å²) in [5.74, 6) is 1.09. The molecule has 64 heavy (non-hydrogen) atoms. The van der Waals surface area contributed by atoms with Crippen molar-refractivity contribution in [1.29, 1.82) is 0 Å². The number of nitrogens with zero attached hydrogens (tertiary/aromatic N) is 8. The molecule has 6 aliphatic rings. The molecule has 2 aromatic heterocycles. The van der Waals surface area contributed by atoms with Crippen LogP contribution in [0.2, 0.25) is 0 Å². The number of benzene rings is 3. The lowest BCUT2D eigenvalue weighted by atomic mass is 9.95. The highest BCUT2D eigenvalue weighted by Crippen LogP contribution is 2.47. The standard InChI is InChI=1S/C51H62FN9O3/c1-3-6-33(2)61-28-36-23-39(11-12-42(36)49(61)63)59-17-13-34(14-18-59)27-57-19-21-58(22-20-57)31-51(15-16-51)32-64-50-55-47-44(48(56-50)60-29-37-9-10-38(30-60)54-37)26-53-46(45(47)52)43-25-40(62)24-35-7-4-5-8-41(35)43/h4-5,7-8,11-12,23-26,33-34,37-38,54,62H,3,6,9-10,13-22,27-32H2,1-2H3. The van der Waals surface area contributed by atoms with E-state index in [1.165, 1.54) is 24.1 Å². The number of aromatic hydroxyl groups is 1. The first-order valence-corrected chi connectivity index (χ1v) is 24.0. The van der Waals surface area contributed by atoms with Crippen molar-refractivity contribution in [3.05, 3.63) is 77.7 Å². The number of carbonyl (C=O) groups excluding carboxylic acids is 1. The van der Waals surface area contributed by atoms with Crippen molar-refractivity contribution in [2.45, 2.75) is 89.9 Å². The van der Waals surface area contributed by atoms with Crippen molar-refractivity contribution < 1.29 is 19.0 Å². The summed E-state index contributed by atoms with van der Waals surface area (Å²) < 4.78 is 23.5. The number of aromatic nitrogens is 3. The number of piperidine rings is 1. The third kappa shape index (κ3) is 8.13. The number of phenols is 1. The first-order valence-electron chi connectivity index (χ1n) is 24.0. The molecule has 2 N–H and O–H groups in total. The average molecular weight is 868 g/mol. The van der Waals surface area contributed by atoms with Gasteiger partial charge in [0.1, 0.15) is 22.8 Å². The maximum Gasteiger partial charge on any atom is 0.319 e. The van der Waals surface area contributed by atoms with Crippen LogP contribution in [-0.4, -0.2) is 131 Å². The predicted molar refractivity (Wildman–Crippen MR) is 250 cm³/mol. The predicted octanol–water partition coefficient (Wildman–Crippen LogP) is 7.47. The van der Waals surface area contributed by atoms with E-state index < -0.39 is 5.82 Å². The first-order chi connectivity index (χ1) is 31.2. The molecule has 5 fully saturated rings. The zero-order chi connectivity index (χ0) is 43.5. The van der Waals surface area contributed by atoms with Crippen LogP contribution in [0.25, 0.3) is 32.9 Å². The molecule has 0 spiro atoms. The van der Waals surface area contributed by atoms with Crippen molar-refractivity contribution in [3.8, 4) is 23.0 Å². The fourth-order valence-electron chi connectivity index (χ4n) is 11.5. The van der Waals surface area contributed by atoms with Gasteiger partial charge < -0.3 is 39.7 Å². The summed E-state index contributed by atoms with van der Waals surface area (Å²) in [5, 5.41) is 16.5. The molecule has 1 amide bonds. The summed E-state index contributed by atoms with van der Waals surface area (Å²) in [6.07, 6.45) is 10.6. The first kappa shape index (κ1) is 41.6. The van der Waals surface area contributed by atoms with Crippen molar-refractivity contribution in [3.63, 3.8) is 0 Å². The molecule has 3 aromatic carbocycles. The van der Waals surface area contributed by atoms with Gasteiger partial charge in [-0.1, -0.05) is 37.6 Å². The lowest BCUT2D eigenvalue weighted by molar-refractivity contribution is 0.0709. The normalized spacial score (nSPS) is 23.0. The van der Waals surface area contributed by atoms with Crippen LogP contribution in [0.4, 0.5) is 15.9 Å². The van der Waals surface area contributed by atoms with E-state index in [9.17, 15) is 9.90 Å². The number of piperazine rings is 2. The summed E-state index contributed by atoms with van der Waals surface area (Å²) in [6, 6.07) is 18.6. The van der Waals surface area contributed by atoms with Crippen LogP contribution >= 0.6 is 0 Å². The number of halogens is 1. The lowest BCUT2D eigenvalue weighted by Gasteiger charge is -2.40. The fraction of sp³-hybridized carbons (Fsp3) is 0.529. The van der Waals surface area contributed by atoms with Crippen LogP contribution in [0.1, 0.15) is 81.1 Å². The molecule has 4 saturated heterocycles. The van der Waals surface area contributed by atoms with Gasteiger partial charge in [-0.25, -0.2) is 4.39 Å². The zero-order valence-corrected chi connectivity index (χ0v) is 37.4. The van der Waals surface area contributed by atoms with E-state index in [1.54, 1.807) is 18.3 Å². The highest BCUT2D eigenvalue weighted by atomic mass is 19.1. The maximum atomic E-state index is 16.9. The van der Waals surface area contributed by atoms with Gasteiger partial charge in [0.25, 0.3) is 5.91 Å². The van der Waals surface area contributed by atoms with Crippen LogP contribution in [0.5, 0.6) is 11.8 Å². The minimum Gasteiger partial charge on any atom is -0.508 e. The molecule has 336 valence electrons. The minimum atomic E-state index is -0.536. The monoisotopic (exact) mass is 867 g/mol. The SMILES string of the molecule is CCCC(C)N1Cc2cc(N3CCC(CN4CCN(CC5(COc6nc(N7CC8CCC(C7)N8)c7cnc(-c8cc(O)cc9ccccc89)c(F)c7n6)CC5)CC4)CC3)ccc2C1=O. The number of fused-ring (bicyclic) bond motifs is 5. The van der Waals surface area contributed by atoms with E-state index in [1.807, 2.05) is 29.2 Å². The molecular weight excluding hydrogens is 806 g/mol. The summed E-state index contributed by atoms with van der Waals surface area (Å²) in [4.78, 5) is 39.6. The number of hydrogen-bond donors (Lipinski definition) is 2. The van der Waals surface area contributed by atoms with E-state index in [0.29, 0.717) is 41.4 Å². The van der Waals surface area contributed by atoms with Gasteiger partial charge in [0.15, 0.2) is 5.82 Å². The molecule has 3 atom stereocenters. The van der Waals surface area contributed by atoms with Crippen LogP contribution < -0.4 is 19.9 Å². The lowest BCUT2D eigenvalue weighted by Crippen LogP contribution is -2.51. The van der Waals surface area contributed by atoms with Crippen LogP contribution in [-0.2, 0) is 6.54 Å². The van der Waals surface area contributed by atoms with Crippen molar-refractivity contribution in [1.82, 2.24) is 35.0 Å². The number of pyridine rings is 1. The Hall–Kier alpha value is -5.11. The number of amides is 1. The second-order valence-corrected chi connectivity index (χ2v) is 20.0. The fourth-order valence-corrected chi connectivity index (χ4v) is 11.5. The van der Waals surface area contributed by atoms with Gasteiger partial charge in [0.05, 0.1) is 12.0 Å². The topological polar surface area (TPSA) is 113 Å². The minimum absolute atomic E-state index is 0.0426. The van der Waals surface area contributed by atoms with Gasteiger partial charge in [0.2, 0.25) is 0 Å². The van der Waals surface area contributed by atoms with E-state index in [-0.39, 0.29) is 40.3 Å². The van der Waals surface area contributed by atoms with Crippen LogP contribution in [0.15, 0.2) is 60.8 Å². The number of ether oxygens (including phenoxy) is 1. The Kier molecular flexibility index (Phi) is 11.1. The Labute approximate surface area is 375 Å². The molecule has 2 bridgehead atoms. The van der Waals surface area contributed by atoms with Gasteiger partial charge >= 0.3 is 6.01 Å². The summed E-state index contributed by atoms with van der Waals surface area (Å²) in [5.41, 5.74) is 4.24. The van der Waals surface area contributed by atoms with Gasteiger partial charge in [-0.3, -0.25) is 9.78 Å². The van der Waals surface area contributed by atoms with E-state index >= 15 is 4.39 Å². The number of nitrogens with one attached hydrogen (secondary N) is 1. The molecule has 5 aliphatic heterocycles. The van der Waals surface area contributed by atoms with Gasteiger partial charge in [0, 0.05) is 119 Å². The van der Waals surface area contributed by atoms with Gasteiger partial charge in [-0.05, 0) is 104 Å². The number of hydrogen-bond acceptors (Lipinski definition) is 11. The van der Waals surface area contributed by atoms with Crippen LogP contribution in [0.3, 0.4) is 0 Å². The number of rotatable bonds is 13. The van der Waals surface area contributed by atoms with Crippen molar-refractivity contribution >= 4 is 39.1 Å². The highest BCUT2D eigenvalue weighted by molar-refractivity contribution is 6.00. The Balaban J connectivity index is 0.719. The van der Waals surface area contributed by atoms with E-state index in [2.05, 4.69) is 61.9 Å². The summed E-state index contributed by atoms with van der Waals surface area (Å²) >= 11 is 0. The molecule has 7 heterocycles. The Morgan fingerprint density at radius 3 is 2.42 bits per heavy atom. The molecule has 1 saturated carbocycles. The second-order valence-electron chi connectivity index (χ2n) is 20.0. The number of anilines is 2. The van der Waals surface area contributed by atoms with Gasteiger partial charge in [-0.2, -0.15) is 9.97 Å². The van der Waals surface area contributed by atoms with E-state index in [4.69, 9.17) is 14.7 Å².